The molecule has 2 N–H and O–H groups in total. The number of imidazole rings is 1. The van der Waals surface area contributed by atoms with Crippen LogP contribution in [0.15, 0.2) is 30.5 Å². The third kappa shape index (κ3) is 3.51. The number of nitrogens with zero attached hydrogens (tertiary/aromatic N) is 4. The predicted molar refractivity (Wildman–Crippen MR) is 101 cm³/mol. The molecule has 0 spiro atoms. The minimum Gasteiger partial charge on any atom is -0.339 e. The molecular weight excluding hydrogens is 347 g/mol. The van der Waals surface area contributed by atoms with Gasteiger partial charge in [0.15, 0.2) is 5.65 Å². The molecular formula is C19H23FN6O. The van der Waals surface area contributed by atoms with E-state index in [0.717, 1.165) is 29.8 Å². The van der Waals surface area contributed by atoms with Crippen LogP contribution in [0.1, 0.15) is 44.5 Å². The number of carbonyl (C=O) groups is 1. The first-order valence-electron chi connectivity index (χ1n) is 9.26. The van der Waals surface area contributed by atoms with Crippen LogP contribution in [0.2, 0.25) is 0 Å². The fourth-order valence-electron chi connectivity index (χ4n) is 3.53. The van der Waals surface area contributed by atoms with Gasteiger partial charge in [0.2, 0.25) is 0 Å². The molecule has 27 heavy (non-hydrogen) atoms. The molecule has 2 amide bonds. The van der Waals surface area contributed by atoms with Crippen molar-refractivity contribution in [1.29, 1.82) is 0 Å². The Morgan fingerprint density at radius 2 is 2.11 bits per heavy atom. The molecule has 2 aromatic heterocycles. The summed E-state index contributed by atoms with van der Waals surface area (Å²) in [5, 5.41) is 7.19. The largest absolute Gasteiger partial charge is 0.339 e. The number of nitrogens with one attached hydrogen (secondary N) is 2. The Balaban J connectivity index is 1.47. The van der Waals surface area contributed by atoms with Crippen molar-refractivity contribution in [2.24, 2.45) is 0 Å². The lowest BCUT2D eigenvalue weighted by molar-refractivity contribution is 0.191. The average Bonchev–Trinajstić information content (AvgIpc) is 3.24. The lowest BCUT2D eigenvalue weighted by atomic mass is 9.97. The van der Waals surface area contributed by atoms with Gasteiger partial charge in [-0.2, -0.15) is 5.10 Å². The van der Waals surface area contributed by atoms with Crippen LogP contribution in [0.3, 0.4) is 0 Å². The molecule has 142 valence electrons. The van der Waals surface area contributed by atoms with Gasteiger partial charge in [-0.1, -0.05) is 0 Å². The minimum absolute atomic E-state index is 0.158. The van der Waals surface area contributed by atoms with Gasteiger partial charge in [-0.15, -0.1) is 0 Å². The summed E-state index contributed by atoms with van der Waals surface area (Å²) in [5.41, 5.74) is 2.36. The Morgan fingerprint density at radius 1 is 1.33 bits per heavy atom. The van der Waals surface area contributed by atoms with E-state index in [4.69, 9.17) is 4.98 Å². The second-order valence-electron chi connectivity index (χ2n) is 7.26. The highest BCUT2D eigenvalue weighted by atomic mass is 19.1. The second kappa shape index (κ2) is 7.02. The van der Waals surface area contributed by atoms with Crippen molar-refractivity contribution in [3.8, 4) is 0 Å². The first kappa shape index (κ1) is 17.5. The normalized spacial score (nSPS) is 17.6. The Bertz CT molecular complexity index is 945. The van der Waals surface area contributed by atoms with E-state index < -0.39 is 0 Å². The Morgan fingerprint density at radius 3 is 2.85 bits per heavy atom. The fourth-order valence-corrected chi connectivity index (χ4v) is 3.53. The maximum atomic E-state index is 13.0. The summed E-state index contributed by atoms with van der Waals surface area (Å²) in [7, 11) is 0. The number of H-pyrrole nitrogens is 1. The molecule has 0 aliphatic carbocycles. The van der Waals surface area contributed by atoms with Crippen molar-refractivity contribution in [1.82, 2.24) is 24.6 Å². The summed E-state index contributed by atoms with van der Waals surface area (Å²) in [4.78, 5) is 22.5. The third-order valence-corrected chi connectivity index (χ3v) is 4.94. The molecule has 0 saturated carbocycles. The lowest BCUT2D eigenvalue weighted by Gasteiger charge is -2.31. The molecule has 4 rings (SSSR count). The first-order chi connectivity index (χ1) is 13.0. The summed E-state index contributed by atoms with van der Waals surface area (Å²) in [6.07, 6.45) is 3.69. The third-order valence-electron chi connectivity index (χ3n) is 4.94. The highest BCUT2D eigenvalue weighted by Gasteiger charge is 2.27. The van der Waals surface area contributed by atoms with Gasteiger partial charge in [0, 0.05) is 30.7 Å². The minimum atomic E-state index is -0.323. The molecule has 3 heterocycles. The molecule has 0 radical (unpaired) electrons. The van der Waals surface area contributed by atoms with Gasteiger partial charge in [0.05, 0.1) is 6.20 Å². The number of carbonyl (C=O) groups excluding carboxylic acids is 1. The zero-order chi connectivity index (χ0) is 19.0. The zero-order valence-corrected chi connectivity index (χ0v) is 15.4. The van der Waals surface area contributed by atoms with E-state index in [1.165, 1.54) is 12.1 Å². The Labute approximate surface area is 156 Å². The summed E-state index contributed by atoms with van der Waals surface area (Å²) in [5.74, 6) is 0.734. The van der Waals surface area contributed by atoms with Crippen LogP contribution >= 0.6 is 0 Å². The summed E-state index contributed by atoms with van der Waals surface area (Å²) in [6, 6.07) is 5.86. The van der Waals surface area contributed by atoms with Gasteiger partial charge in [-0.05, 0) is 51.0 Å². The molecule has 1 aliphatic heterocycles. The number of amides is 2. The van der Waals surface area contributed by atoms with Crippen molar-refractivity contribution >= 4 is 22.9 Å². The highest BCUT2D eigenvalue weighted by Crippen LogP contribution is 2.27. The van der Waals surface area contributed by atoms with Crippen LogP contribution in [0.5, 0.6) is 0 Å². The van der Waals surface area contributed by atoms with Gasteiger partial charge in [0.25, 0.3) is 0 Å². The fraction of sp³-hybridized carbons (Fsp3) is 0.421. The van der Waals surface area contributed by atoms with E-state index in [1.54, 1.807) is 23.2 Å². The molecule has 7 nitrogen and oxygen atoms in total. The second-order valence-corrected chi connectivity index (χ2v) is 7.26. The van der Waals surface area contributed by atoms with Gasteiger partial charge >= 0.3 is 6.03 Å². The van der Waals surface area contributed by atoms with E-state index in [9.17, 15) is 9.18 Å². The molecule has 1 aromatic carbocycles. The van der Waals surface area contributed by atoms with Crippen molar-refractivity contribution in [3.63, 3.8) is 0 Å². The van der Waals surface area contributed by atoms with Crippen molar-refractivity contribution < 1.29 is 9.18 Å². The maximum absolute atomic E-state index is 13.0. The first-order valence-corrected chi connectivity index (χ1v) is 9.26. The van der Waals surface area contributed by atoms with Gasteiger partial charge in [-0.25, -0.2) is 18.9 Å². The van der Waals surface area contributed by atoms with E-state index in [-0.39, 0.29) is 23.8 Å². The summed E-state index contributed by atoms with van der Waals surface area (Å²) in [6.45, 7) is 5.44. The highest BCUT2D eigenvalue weighted by molar-refractivity contribution is 5.89. The summed E-state index contributed by atoms with van der Waals surface area (Å²) >= 11 is 0. The van der Waals surface area contributed by atoms with Crippen LogP contribution < -0.4 is 5.32 Å². The number of aromatic amines is 1. The number of urea groups is 1. The summed E-state index contributed by atoms with van der Waals surface area (Å²) < 4.78 is 14.9. The number of aromatic nitrogens is 4. The smallest absolute Gasteiger partial charge is 0.321 e. The number of benzene rings is 1. The monoisotopic (exact) mass is 370 g/mol. The van der Waals surface area contributed by atoms with Gasteiger partial charge in [-0.3, -0.25) is 0 Å². The Kier molecular flexibility index (Phi) is 4.55. The number of hydrogen-bond donors (Lipinski definition) is 2. The van der Waals surface area contributed by atoms with Crippen molar-refractivity contribution in [2.75, 3.05) is 18.4 Å². The van der Waals surface area contributed by atoms with Crippen LogP contribution in [0.25, 0.3) is 11.2 Å². The van der Waals surface area contributed by atoms with E-state index in [0.29, 0.717) is 18.8 Å². The standard InChI is InChI=1S/C19H23FN6O/c1-12(2)26-18-16(10-21-26)23-17(24-18)13-4-3-9-25(11-13)19(27)22-15-7-5-14(20)6-8-15/h5-8,10,12-13H,3-4,9,11H2,1-2H3,(H,22,27)(H,23,24). The Hall–Kier alpha value is -2.90. The van der Waals surface area contributed by atoms with Crippen LogP contribution in [-0.2, 0) is 0 Å². The number of fused-ring (bicyclic) bond motifs is 1. The number of anilines is 1. The molecule has 1 unspecified atom stereocenters. The van der Waals surface area contributed by atoms with E-state index in [2.05, 4.69) is 29.2 Å². The average molecular weight is 370 g/mol. The number of halogens is 1. The predicted octanol–water partition coefficient (Wildman–Crippen LogP) is 3.89. The molecule has 1 atom stereocenters. The molecule has 1 aliphatic rings. The molecule has 1 saturated heterocycles. The molecule has 8 heteroatoms. The van der Waals surface area contributed by atoms with Crippen LogP contribution in [0.4, 0.5) is 14.9 Å². The molecule has 3 aromatic rings. The number of piperidine rings is 1. The van der Waals surface area contributed by atoms with Crippen LogP contribution in [-0.4, -0.2) is 43.8 Å². The number of likely N-dealkylation sites (tertiary alicyclic amines) is 1. The van der Waals surface area contributed by atoms with Crippen LogP contribution in [0, 0.1) is 5.82 Å². The molecule has 1 fully saturated rings. The SMILES string of the molecule is CC(C)n1ncc2[nH]c(C3CCCN(C(=O)Nc4ccc(F)cc4)C3)nc21. The van der Waals surface area contributed by atoms with Gasteiger partial charge < -0.3 is 15.2 Å². The zero-order valence-electron chi connectivity index (χ0n) is 15.4. The van der Waals surface area contributed by atoms with Crippen molar-refractivity contribution in [3.05, 3.63) is 42.1 Å². The molecule has 0 bridgehead atoms. The topological polar surface area (TPSA) is 78.8 Å². The van der Waals surface area contributed by atoms with Gasteiger partial charge in [0.1, 0.15) is 17.2 Å². The quantitative estimate of drug-likeness (QED) is 0.734. The van der Waals surface area contributed by atoms with E-state index >= 15 is 0 Å². The lowest BCUT2D eigenvalue weighted by Crippen LogP contribution is -2.41. The van der Waals surface area contributed by atoms with E-state index in [1.807, 2.05) is 4.68 Å². The number of hydrogen-bond acceptors (Lipinski definition) is 3. The van der Waals surface area contributed by atoms with Crippen molar-refractivity contribution in [2.45, 2.75) is 38.6 Å². The number of rotatable bonds is 3. The maximum Gasteiger partial charge on any atom is 0.321 e.